The molecule has 5 heteroatoms. The molecule has 0 amide bonds. The van der Waals surface area contributed by atoms with Crippen molar-refractivity contribution < 1.29 is 9.47 Å². The molecule has 0 radical (unpaired) electrons. The average Bonchev–Trinajstić information content (AvgIpc) is 2.86. The lowest BCUT2D eigenvalue weighted by atomic mass is 10.1. The van der Waals surface area contributed by atoms with E-state index in [1.807, 2.05) is 66.7 Å². The molecular weight excluding hydrogens is 386 g/mol. The lowest BCUT2D eigenvalue weighted by Crippen LogP contribution is -2.36. The number of aromatic nitrogens is 2. The van der Waals surface area contributed by atoms with Crippen molar-refractivity contribution in [3.63, 3.8) is 0 Å². The number of hydrogen-bond acceptors (Lipinski definition) is 5. The van der Waals surface area contributed by atoms with Crippen LogP contribution in [0.5, 0.6) is 11.6 Å². The Morgan fingerprint density at radius 3 is 1.97 bits per heavy atom. The quantitative estimate of drug-likeness (QED) is 0.439. The average molecular weight is 409 g/mol. The molecule has 1 fully saturated rings. The fraction of sp³-hybridized carbons (Fsp3) is 0.154. The first-order valence-corrected chi connectivity index (χ1v) is 10.5. The van der Waals surface area contributed by atoms with Crippen molar-refractivity contribution in [2.75, 3.05) is 31.2 Å². The van der Waals surface area contributed by atoms with E-state index in [1.54, 1.807) is 0 Å². The van der Waals surface area contributed by atoms with Crippen LogP contribution in [0.15, 0.2) is 91.0 Å². The molecule has 1 saturated heterocycles. The summed E-state index contributed by atoms with van der Waals surface area (Å²) in [5.74, 6) is 2.78. The Morgan fingerprint density at radius 2 is 1.29 bits per heavy atom. The maximum absolute atomic E-state index is 6.15. The molecule has 1 aliphatic rings. The van der Waals surface area contributed by atoms with Crippen LogP contribution in [0, 0.1) is 0 Å². The van der Waals surface area contributed by atoms with E-state index in [9.17, 15) is 0 Å². The standard InChI is InChI=1S/C26H23N3O2/c1-3-7-20(8-4-1)21-11-13-23(14-12-21)31-25-19-24(29-15-17-30-18-16-29)27-26(28-25)22-9-5-2-6-10-22/h1-14,19H,15-18H2. The summed E-state index contributed by atoms with van der Waals surface area (Å²) in [5.41, 5.74) is 3.29. The fourth-order valence-corrected chi connectivity index (χ4v) is 3.60. The van der Waals surface area contributed by atoms with Gasteiger partial charge in [0.15, 0.2) is 5.82 Å². The Bertz CT molecular complexity index is 1130. The Hall–Kier alpha value is -3.70. The molecule has 2 heterocycles. The van der Waals surface area contributed by atoms with Crippen molar-refractivity contribution in [1.82, 2.24) is 9.97 Å². The first-order valence-electron chi connectivity index (χ1n) is 10.5. The summed E-state index contributed by atoms with van der Waals surface area (Å²) in [5, 5.41) is 0. The number of ether oxygens (including phenoxy) is 2. The number of hydrogen-bond donors (Lipinski definition) is 0. The van der Waals surface area contributed by atoms with Crippen LogP contribution in [0.25, 0.3) is 22.5 Å². The van der Waals surface area contributed by atoms with Gasteiger partial charge in [-0.3, -0.25) is 0 Å². The minimum atomic E-state index is 0.530. The van der Waals surface area contributed by atoms with Crippen molar-refractivity contribution in [1.29, 1.82) is 0 Å². The van der Waals surface area contributed by atoms with Gasteiger partial charge in [-0.1, -0.05) is 72.8 Å². The summed E-state index contributed by atoms with van der Waals surface area (Å²) in [6, 6.07) is 30.3. The van der Waals surface area contributed by atoms with Gasteiger partial charge in [-0.2, -0.15) is 4.98 Å². The van der Waals surface area contributed by atoms with E-state index in [-0.39, 0.29) is 0 Å². The first kappa shape index (κ1) is 19.3. The molecule has 0 N–H and O–H groups in total. The molecule has 1 aliphatic heterocycles. The minimum Gasteiger partial charge on any atom is -0.439 e. The minimum absolute atomic E-state index is 0.530. The van der Waals surface area contributed by atoms with Crippen molar-refractivity contribution in [3.05, 3.63) is 91.0 Å². The highest BCUT2D eigenvalue weighted by molar-refractivity contribution is 5.64. The summed E-state index contributed by atoms with van der Waals surface area (Å²) in [6.45, 7) is 3.00. The number of nitrogens with zero attached hydrogens (tertiary/aromatic N) is 3. The molecule has 0 spiro atoms. The number of rotatable bonds is 5. The van der Waals surface area contributed by atoms with E-state index in [4.69, 9.17) is 14.5 Å². The van der Waals surface area contributed by atoms with E-state index in [1.165, 1.54) is 5.56 Å². The first-order chi connectivity index (χ1) is 15.3. The SMILES string of the molecule is c1ccc(-c2ccc(Oc3cc(N4CCOCC4)nc(-c4ccccc4)n3)cc2)cc1. The van der Waals surface area contributed by atoms with Crippen molar-refractivity contribution in [3.8, 4) is 34.1 Å². The predicted octanol–water partition coefficient (Wildman–Crippen LogP) is 5.44. The van der Waals surface area contributed by atoms with Crippen LogP contribution in [-0.2, 0) is 4.74 Å². The summed E-state index contributed by atoms with van der Waals surface area (Å²) >= 11 is 0. The van der Waals surface area contributed by atoms with Gasteiger partial charge in [0.05, 0.1) is 13.2 Å². The zero-order valence-corrected chi connectivity index (χ0v) is 17.1. The monoisotopic (exact) mass is 409 g/mol. The van der Waals surface area contributed by atoms with Crippen molar-refractivity contribution in [2.45, 2.75) is 0 Å². The van der Waals surface area contributed by atoms with Crippen LogP contribution >= 0.6 is 0 Å². The Kier molecular flexibility index (Phi) is 5.58. The highest BCUT2D eigenvalue weighted by Gasteiger charge is 2.16. The number of anilines is 1. The largest absolute Gasteiger partial charge is 0.439 e. The summed E-state index contributed by atoms with van der Waals surface area (Å²) in [4.78, 5) is 11.7. The van der Waals surface area contributed by atoms with Gasteiger partial charge in [0.25, 0.3) is 0 Å². The molecule has 0 bridgehead atoms. The molecule has 31 heavy (non-hydrogen) atoms. The van der Waals surface area contributed by atoms with Gasteiger partial charge >= 0.3 is 0 Å². The molecule has 0 aliphatic carbocycles. The molecule has 1 aromatic heterocycles. The Labute approximate surface area is 181 Å². The maximum Gasteiger partial charge on any atom is 0.224 e. The van der Waals surface area contributed by atoms with Crippen molar-refractivity contribution in [2.24, 2.45) is 0 Å². The number of benzene rings is 3. The molecular formula is C26H23N3O2. The molecule has 0 saturated carbocycles. The smallest absolute Gasteiger partial charge is 0.224 e. The second-order valence-corrected chi connectivity index (χ2v) is 7.35. The third-order valence-corrected chi connectivity index (χ3v) is 5.24. The lowest BCUT2D eigenvalue weighted by Gasteiger charge is -2.28. The third kappa shape index (κ3) is 4.57. The van der Waals surface area contributed by atoms with E-state index >= 15 is 0 Å². The van der Waals surface area contributed by atoms with Gasteiger partial charge in [-0.25, -0.2) is 4.98 Å². The Balaban J connectivity index is 1.45. The van der Waals surface area contributed by atoms with Crippen LogP contribution in [0.4, 0.5) is 5.82 Å². The normalized spacial score (nSPS) is 13.7. The lowest BCUT2D eigenvalue weighted by molar-refractivity contribution is 0.122. The molecule has 5 rings (SSSR count). The molecule has 154 valence electrons. The van der Waals surface area contributed by atoms with E-state index in [0.29, 0.717) is 24.9 Å². The molecule has 5 nitrogen and oxygen atoms in total. The summed E-state index contributed by atoms with van der Waals surface area (Å²) in [6.07, 6.45) is 0. The second kappa shape index (κ2) is 8.98. The van der Waals surface area contributed by atoms with E-state index < -0.39 is 0 Å². The van der Waals surface area contributed by atoms with Crippen LogP contribution in [0.2, 0.25) is 0 Å². The zero-order valence-electron chi connectivity index (χ0n) is 17.1. The topological polar surface area (TPSA) is 47.5 Å². The van der Waals surface area contributed by atoms with Gasteiger partial charge in [0, 0.05) is 24.7 Å². The van der Waals surface area contributed by atoms with Crippen LogP contribution in [0.1, 0.15) is 0 Å². The van der Waals surface area contributed by atoms with Gasteiger partial charge in [0.2, 0.25) is 5.88 Å². The van der Waals surface area contributed by atoms with E-state index in [2.05, 4.69) is 34.1 Å². The van der Waals surface area contributed by atoms with Crippen LogP contribution < -0.4 is 9.64 Å². The number of morpholine rings is 1. The van der Waals surface area contributed by atoms with Crippen LogP contribution in [0.3, 0.4) is 0 Å². The van der Waals surface area contributed by atoms with E-state index in [0.717, 1.165) is 35.8 Å². The van der Waals surface area contributed by atoms with Crippen LogP contribution in [-0.4, -0.2) is 36.3 Å². The molecule has 0 atom stereocenters. The highest BCUT2D eigenvalue weighted by atomic mass is 16.5. The zero-order chi connectivity index (χ0) is 20.9. The third-order valence-electron chi connectivity index (χ3n) is 5.24. The summed E-state index contributed by atoms with van der Waals surface area (Å²) in [7, 11) is 0. The van der Waals surface area contributed by atoms with Gasteiger partial charge in [0.1, 0.15) is 11.6 Å². The fourth-order valence-electron chi connectivity index (χ4n) is 3.60. The molecule has 0 unspecified atom stereocenters. The molecule has 3 aromatic carbocycles. The highest BCUT2D eigenvalue weighted by Crippen LogP contribution is 2.29. The summed E-state index contributed by atoms with van der Waals surface area (Å²) < 4.78 is 11.6. The van der Waals surface area contributed by atoms with Gasteiger partial charge in [-0.05, 0) is 23.3 Å². The van der Waals surface area contributed by atoms with Crippen molar-refractivity contribution >= 4 is 5.82 Å². The predicted molar refractivity (Wildman–Crippen MR) is 122 cm³/mol. The van der Waals surface area contributed by atoms with Gasteiger partial charge < -0.3 is 14.4 Å². The molecule has 4 aromatic rings. The Morgan fingerprint density at radius 1 is 0.677 bits per heavy atom. The van der Waals surface area contributed by atoms with Gasteiger partial charge in [-0.15, -0.1) is 0 Å². The maximum atomic E-state index is 6.15. The second-order valence-electron chi connectivity index (χ2n) is 7.35.